The molecule has 0 bridgehead atoms. The molecule has 2 aliphatic heterocycles. The fourth-order valence-corrected chi connectivity index (χ4v) is 4.83. The quantitative estimate of drug-likeness (QED) is 0.700. The van der Waals surface area contributed by atoms with Gasteiger partial charge < -0.3 is 25.2 Å². The van der Waals surface area contributed by atoms with Gasteiger partial charge in [-0.2, -0.15) is 0 Å². The first-order chi connectivity index (χ1) is 15.8. The fourth-order valence-electron chi connectivity index (χ4n) is 4.83. The normalized spacial score (nSPS) is 23.0. The molecule has 1 fully saturated rings. The first-order valence-electron chi connectivity index (χ1n) is 11.6. The second-order valence-corrected chi connectivity index (χ2v) is 9.37. The van der Waals surface area contributed by atoms with Crippen LogP contribution in [-0.2, 0) is 16.0 Å². The zero-order chi connectivity index (χ0) is 23.5. The monoisotopic (exact) mass is 448 g/mol. The summed E-state index contributed by atoms with van der Waals surface area (Å²) >= 11 is 0. The van der Waals surface area contributed by atoms with Crippen LogP contribution in [0.4, 0.5) is 16.2 Å². The van der Waals surface area contributed by atoms with Gasteiger partial charge in [-0.3, -0.25) is 4.79 Å². The molecule has 3 atom stereocenters. The average molecular weight is 448 g/mol. The number of fused-ring (bicyclic) bond motifs is 1. The highest BCUT2D eigenvalue weighted by molar-refractivity contribution is 6.32. The standard InChI is InChI=1S/C25H33BN4O3/c1-16-14-29(2)11-10-17-4-7-20(12-22(16)17)27-24(31)23-13-21(33-3)15-30(23)25(32)28-19-8-5-18(26)6-9-19/h4-9,12,16,21,23H,10-11,13-15,26H2,1-3H3,(H,27,31)(H,28,32). The maximum absolute atomic E-state index is 13.3. The number of anilines is 2. The molecule has 4 rings (SSSR count). The van der Waals surface area contributed by atoms with Crippen molar-refractivity contribution in [3.8, 4) is 0 Å². The second-order valence-electron chi connectivity index (χ2n) is 9.37. The second kappa shape index (κ2) is 9.97. The van der Waals surface area contributed by atoms with Crippen LogP contribution in [0.15, 0.2) is 42.5 Å². The third-order valence-corrected chi connectivity index (χ3v) is 6.76. The Bertz CT molecular complexity index is 1010. The van der Waals surface area contributed by atoms with Crippen LogP contribution in [0, 0.1) is 0 Å². The fraction of sp³-hybridized carbons (Fsp3) is 0.440. The maximum atomic E-state index is 13.3. The van der Waals surface area contributed by atoms with Crippen molar-refractivity contribution in [3.05, 3.63) is 53.6 Å². The van der Waals surface area contributed by atoms with Gasteiger partial charge in [0.2, 0.25) is 5.91 Å². The van der Waals surface area contributed by atoms with Crippen molar-refractivity contribution >= 4 is 36.6 Å². The van der Waals surface area contributed by atoms with Gasteiger partial charge >= 0.3 is 6.03 Å². The Balaban J connectivity index is 1.48. The first-order valence-corrected chi connectivity index (χ1v) is 11.6. The molecule has 2 aromatic rings. The molecular formula is C25H33BN4O3. The average Bonchev–Trinajstić information content (AvgIpc) is 3.19. The van der Waals surface area contributed by atoms with Crippen molar-refractivity contribution in [3.63, 3.8) is 0 Å². The van der Waals surface area contributed by atoms with Gasteiger partial charge in [-0.25, -0.2) is 4.79 Å². The lowest BCUT2D eigenvalue weighted by Gasteiger charge is -2.24. The molecule has 3 unspecified atom stereocenters. The summed E-state index contributed by atoms with van der Waals surface area (Å²) in [5.41, 5.74) is 5.22. The number of carbonyl (C=O) groups excluding carboxylic acids is 2. The van der Waals surface area contributed by atoms with Crippen LogP contribution >= 0.6 is 0 Å². The molecule has 0 radical (unpaired) electrons. The lowest BCUT2D eigenvalue weighted by molar-refractivity contribution is -0.119. The molecule has 7 nitrogen and oxygen atoms in total. The minimum absolute atomic E-state index is 0.174. The Morgan fingerprint density at radius 1 is 1.06 bits per heavy atom. The van der Waals surface area contributed by atoms with Gasteiger partial charge in [-0.15, -0.1) is 0 Å². The topological polar surface area (TPSA) is 73.9 Å². The van der Waals surface area contributed by atoms with E-state index in [-0.39, 0.29) is 18.0 Å². The summed E-state index contributed by atoms with van der Waals surface area (Å²) in [6.07, 6.45) is 1.30. The predicted octanol–water partition coefficient (Wildman–Crippen LogP) is 1.80. The summed E-state index contributed by atoms with van der Waals surface area (Å²) in [5.74, 6) is 0.206. The van der Waals surface area contributed by atoms with Gasteiger partial charge in [-0.05, 0) is 54.8 Å². The molecule has 0 aliphatic carbocycles. The summed E-state index contributed by atoms with van der Waals surface area (Å²) in [6, 6.07) is 12.9. The number of likely N-dealkylation sites (tertiary alicyclic amines) is 1. The van der Waals surface area contributed by atoms with E-state index >= 15 is 0 Å². The molecule has 1 saturated heterocycles. The lowest BCUT2D eigenvalue weighted by Crippen LogP contribution is -2.45. The van der Waals surface area contributed by atoms with Crippen LogP contribution in [0.1, 0.15) is 30.4 Å². The Morgan fingerprint density at radius 3 is 2.52 bits per heavy atom. The van der Waals surface area contributed by atoms with Gasteiger partial charge in [0.25, 0.3) is 0 Å². The molecule has 2 aliphatic rings. The number of benzene rings is 2. The number of urea groups is 1. The molecule has 0 saturated carbocycles. The van der Waals surface area contributed by atoms with Crippen molar-refractivity contribution < 1.29 is 14.3 Å². The number of methoxy groups -OCH3 is 1. The molecular weight excluding hydrogens is 415 g/mol. The van der Waals surface area contributed by atoms with Crippen LogP contribution in [0.5, 0.6) is 0 Å². The maximum Gasteiger partial charge on any atom is 0.322 e. The zero-order valence-corrected chi connectivity index (χ0v) is 19.9. The van der Waals surface area contributed by atoms with Crippen molar-refractivity contribution in [1.29, 1.82) is 0 Å². The highest BCUT2D eigenvalue weighted by atomic mass is 16.5. The molecule has 174 valence electrons. The van der Waals surface area contributed by atoms with E-state index < -0.39 is 6.04 Å². The number of nitrogens with zero attached hydrogens (tertiary/aromatic N) is 2. The molecule has 2 aromatic carbocycles. The highest BCUT2D eigenvalue weighted by Crippen LogP contribution is 2.29. The Kier molecular flexibility index (Phi) is 7.05. The molecule has 2 N–H and O–H groups in total. The van der Waals surface area contributed by atoms with E-state index in [2.05, 4.69) is 41.6 Å². The highest BCUT2D eigenvalue weighted by Gasteiger charge is 2.40. The molecule has 3 amide bonds. The number of likely N-dealkylation sites (N-methyl/N-ethyl adjacent to an activating group) is 1. The number of nitrogens with one attached hydrogen (secondary N) is 2. The summed E-state index contributed by atoms with van der Waals surface area (Å²) in [6.45, 7) is 4.63. The number of hydrogen-bond acceptors (Lipinski definition) is 4. The van der Waals surface area contributed by atoms with E-state index in [0.29, 0.717) is 24.6 Å². The minimum Gasteiger partial charge on any atom is -0.380 e. The molecule has 0 aromatic heterocycles. The number of amides is 3. The molecule has 33 heavy (non-hydrogen) atoms. The molecule has 2 heterocycles. The van der Waals surface area contributed by atoms with Crippen LogP contribution in [-0.4, -0.2) is 75.5 Å². The Labute approximate surface area is 196 Å². The minimum atomic E-state index is -0.595. The SMILES string of the molecule is Bc1ccc(NC(=O)N2CC(OC)CC2C(=O)Nc2ccc3c(c2)C(C)CN(C)CC3)cc1. The smallest absolute Gasteiger partial charge is 0.322 e. The van der Waals surface area contributed by atoms with Gasteiger partial charge in [0.05, 0.1) is 6.10 Å². The lowest BCUT2D eigenvalue weighted by atomic mass is 9.94. The largest absolute Gasteiger partial charge is 0.380 e. The Morgan fingerprint density at radius 2 is 1.79 bits per heavy atom. The summed E-state index contributed by atoms with van der Waals surface area (Å²) < 4.78 is 5.49. The van der Waals surface area contributed by atoms with E-state index in [0.717, 1.165) is 30.7 Å². The van der Waals surface area contributed by atoms with Gasteiger partial charge in [0.15, 0.2) is 0 Å². The van der Waals surface area contributed by atoms with Crippen LogP contribution < -0.4 is 16.1 Å². The van der Waals surface area contributed by atoms with E-state index in [1.165, 1.54) is 11.1 Å². The zero-order valence-electron chi connectivity index (χ0n) is 19.9. The number of carbonyl (C=O) groups is 2. The third-order valence-electron chi connectivity index (χ3n) is 6.76. The number of rotatable bonds is 4. The predicted molar refractivity (Wildman–Crippen MR) is 134 cm³/mol. The number of ether oxygens (including phenoxy) is 1. The summed E-state index contributed by atoms with van der Waals surface area (Å²) in [5, 5.41) is 5.97. The van der Waals surface area contributed by atoms with Crippen LogP contribution in [0.2, 0.25) is 0 Å². The Hall–Kier alpha value is -2.84. The van der Waals surface area contributed by atoms with Gasteiger partial charge in [0, 0.05) is 44.5 Å². The van der Waals surface area contributed by atoms with E-state index in [1.807, 2.05) is 38.2 Å². The molecule has 8 heteroatoms. The number of hydrogen-bond donors (Lipinski definition) is 2. The van der Waals surface area contributed by atoms with Crippen molar-refractivity contribution in [2.45, 2.75) is 37.8 Å². The van der Waals surface area contributed by atoms with Crippen molar-refractivity contribution in [2.24, 2.45) is 0 Å². The summed E-state index contributed by atoms with van der Waals surface area (Å²) in [7, 11) is 5.76. The van der Waals surface area contributed by atoms with Crippen LogP contribution in [0.25, 0.3) is 0 Å². The van der Waals surface area contributed by atoms with Crippen molar-refractivity contribution in [1.82, 2.24) is 9.80 Å². The third kappa shape index (κ3) is 5.39. The van der Waals surface area contributed by atoms with Gasteiger partial charge in [-0.1, -0.05) is 30.6 Å². The first kappa shape index (κ1) is 23.3. The van der Waals surface area contributed by atoms with E-state index in [1.54, 1.807) is 12.0 Å². The molecule has 0 spiro atoms. The van der Waals surface area contributed by atoms with E-state index in [4.69, 9.17) is 4.74 Å². The van der Waals surface area contributed by atoms with Crippen molar-refractivity contribution in [2.75, 3.05) is 44.4 Å². The van der Waals surface area contributed by atoms with Crippen LogP contribution in [0.3, 0.4) is 0 Å². The van der Waals surface area contributed by atoms with Gasteiger partial charge in [0.1, 0.15) is 13.9 Å². The summed E-state index contributed by atoms with van der Waals surface area (Å²) in [4.78, 5) is 30.2. The van der Waals surface area contributed by atoms with E-state index in [9.17, 15) is 9.59 Å².